The van der Waals surface area contributed by atoms with E-state index in [1.54, 1.807) is 54.7 Å². The first-order valence-electron chi connectivity index (χ1n) is 11.5. The number of rotatable bonds is 7. The molecule has 0 radical (unpaired) electrons. The second-order valence-electron chi connectivity index (χ2n) is 8.36. The predicted molar refractivity (Wildman–Crippen MR) is 140 cm³/mol. The molecule has 0 saturated carbocycles. The van der Waals surface area contributed by atoms with Crippen molar-refractivity contribution in [2.24, 2.45) is 0 Å². The van der Waals surface area contributed by atoms with E-state index in [1.807, 2.05) is 6.07 Å². The minimum absolute atomic E-state index is 0.296. The van der Waals surface area contributed by atoms with E-state index in [1.165, 1.54) is 0 Å². The lowest BCUT2D eigenvalue weighted by Gasteiger charge is -2.33. The van der Waals surface area contributed by atoms with E-state index >= 15 is 0 Å². The first-order valence-corrected chi connectivity index (χ1v) is 12.2. The Bertz CT molecular complexity index is 1190. The van der Waals surface area contributed by atoms with E-state index in [-0.39, 0.29) is 11.8 Å². The lowest BCUT2D eigenvalue weighted by atomic mass is 10.2. The lowest BCUT2D eigenvalue weighted by Crippen LogP contribution is -2.45. The Morgan fingerprint density at radius 3 is 2.31 bits per heavy atom. The van der Waals surface area contributed by atoms with Crippen LogP contribution >= 0.6 is 23.2 Å². The molecular formula is C26H27Cl2N5O2. The quantitative estimate of drug-likeness (QED) is 0.465. The second kappa shape index (κ2) is 11.6. The minimum Gasteiger partial charge on any atom is -0.322 e. The Labute approximate surface area is 215 Å². The van der Waals surface area contributed by atoms with Crippen LogP contribution in [0.3, 0.4) is 0 Å². The number of amides is 2. The van der Waals surface area contributed by atoms with Crippen molar-refractivity contribution < 1.29 is 9.59 Å². The molecular weight excluding hydrogens is 485 g/mol. The average Bonchev–Trinajstić information content (AvgIpc) is 2.87. The van der Waals surface area contributed by atoms with Crippen LogP contribution in [0.5, 0.6) is 0 Å². The first kappa shape index (κ1) is 25.1. The average molecular weight is 512 g/mol. The SMILES string of the molecule is CCN1CCN(Cc2ccc(C(=O)Nc3ccc(Cl)c(NC(=O)c4cccc(Cl)c4)c3)cn2)CC1. The van der Waals surface area contributed by atoms with Crippen LogP contribution in [0.15, 0.2) is 60.8 Å². The van der Waals surface area contributed by atoms with Gasteiger partial charge in [0, 0.05) is 55.2 Å². The molecule has 0 aliphatic carbocycles. The first-order chi connectivity index (χ1) is 16.9. The smallest absolute Gasteiger partial charge is 0.257 e. The van der Waals surface area contributed by atoms with Gasteiger partial charge in [-0.3, -0.25) is 19.5 Å². The van der Waals surface area contributed by atoms with Crippen LogP contribution in [0, 0.1) is 0 Å². The van der Waals surface area contributed by atoms with Gasteiger partial charge in [-0.2, -0.15) is 0 Å². The fourth-order valence-electron chi connectivity index (χ4n) is 3.87. The number of nitrogens with zero attached hydrogens (tertiary/aromatic N) is 3. The molecule has 0 bridgehead atoms. The van der Waals surface area contributed by atoms with Crippen LogP contribution in [0.1, 0.15) is 33.3 Å². The molecule has 1 aliphatic heterocycles. The molecule has 1 fully saturated rings. The van der Waals surface area contributed by atoms with E-state index in [0.29, 0.717) is 32.5 Å². The van der Waals surface area contributed by atoms with Crippen molar-refractivity contribution in [3.63, 3.8) is 0 Å². The van der Waals surface area contributed by atoms with Gasteiger partial charge in [0.1, 0.15) is 0 Å². The molecule has 0 atom stereocenters. The zero-order valence-electron chi connectivity index (χ0n) is 19.4. The van der Waals surface area contributed by atoms with Gasteiger partial charge >= 0.3 is 0 Å². The molecule has 2 N–H and O–H groups in total. The van der Waals surface area contributed by atoms with E-state index in [0.717, 1.165) is 45.0 Å². The molecule has 2 heterocycles. The Hall–Kier alpha value is -2.97. The van der Waals surface area contributed by atoms with Crippen molar-refractivity contribution in [1.29, 1.82) is 0 Å². The highest BCUT2D eigenvalue weighted by Crippen LogP contribution is 2.27. The number of benzene rings is 2. The third kappa shape index (κ3) is 6.80. The predicted octanol–water partition coefficient (Wildman–Crippen LogP) is 5.03. The Morgan fingerprint density at radius 2 is 1.63 bits per heavy atom. The van der Waals surface area contributed by atoms with E-state index in [4.69, 9.17) is 23.2 Å². The topological polar surface area (TPSA) is 77.6 Å². The summed E-state index contributed by atoms with van der Waals surface area (Å²) in [5.41, 5.74) is 2.67. The van der Waals surface area contributed by atoms with Gasteiger partial charge in [-0.1, -0.05) is 36.2 Å². The number of hydrogen-bond donors (Lipinski definition) is 2. The number of carbonyl (C=O) groups excluding carboxylic acids is 2. The van der Waals surface area contributed by atoms with Crippen LogP contribution in [0.4, 0.5) is 11.4 Å². The summed E-state index contributed by atoms with van der Waals surface area (Å²) in [4.78, 5) is 34.6. The van der Waals surface area contributed by atoms with Crippen molar-refractivity contribution in [1.82, 2.24) is 14.8 Å². The number of halogens is 2. The highest BCUT2D eigenvalue weighted by Gasteiger charge is 2.16. The van der Waals surface area contributed by atoms with E-state index in [9.17, 15) is 9.59 Å². The second-order valence-corrected chi connectivity index (χ2v) is 9.21. The number of likely N-dealkylation sites (N-methyl/N-ethyl adjacent to an activating group) is 1. The zero-order chi connectivity index (χ0) is 24.8. The van der Waals surface area contributed by atoms with Crippen molar-refractivity contribution in [3.05, 3.63) is 87.7 Å². The Balaban J connectivity index is 1.36. The summed E-state index contributed by atoms with van der Waals surface area (Å²) in [6.45, 7) is 8.21. The number of hydrogen-bond acceptors (Lipinski definition) is 5. The fraction of sp³-hybridized carbons (Fsp3) is 0.269. The van der Waals surface area contributed by atoms with Gasteiger partial charge in [-0.05, 0) is 55.1 Å². The summed E-state index contributed by atoms with van der Waals surface area (Å²) in [6, 6.07) is 15.2. The third-order valence-electron chi connectivity index (χ3n) is 5.94. The molecule has 35 heavy (non-hydrogen) atoms. The van der Waals surface area contributed by atoms with Gasteiger partial charge < -0.3 is 15.5 Å². The van der Waals surface area contributed by atoms with Crippen LogP contribution in [0.25, 0.3) is 0 Å². The summed E-state index contributed by atoms with van der Waals surface area (Å²) < 4.78 is 0. The van der Waals surface area contributed by atoms with Gasteiger partial charge in [0.05, 0.1) is 22.0 Å². The van der Waals surface area contributed by atoms with Crippen molar-refractivity contribution >= 4 is 46.4 Å². The van der Waals surface area contributed by atoms with Crippen LogP contribution in [0.2, 0.25) is 10.0 Å². The fourth-order valence-corrected chi connectivity index (χ4v) is 4.23. The minimum atomic E-state index is -0.353. The largest absolute Gasteiger partial charge is 0.322 e. The van der Waals surface area contributed by atoms with E-state index in [2.05, 4.69) is 32.3 Å². The van der Waals surface area contributed by atoms with Crippen LogP contribution < -0.4 is 10.6 Å². The van der Waals surface area contributed by atoms with Gasteiger partial charge in [-0.15, -0.1) is 0 Å². The van der Waals surface area contributed by atoms with Crippen molar-refractivity contribution in [2.75, 3.05) is 43.4 Å². The molecule has 182 valence electrons. The number of nitrogens with one attached hydrogen (secondary N) is 2. The van der Waals surface area contributed by atoms with Gasteiger partial charge in [0.15, 0.2) is 0 Å². The summed E-state index contributed by atoms with van der Waals surface area (Å²) in [7, 11) is 0. The summed E-state index contributed by atoms with van der Waals surface area (Å²) in [5.74, 6) is -0.649. The normalized spacial score (nSPS) is 14.5. The Kier molecular flexibility index (Phi) is 8.36. The molecule has 2 aromatic carbocycles. The Morgan fingerprint density at radius 1 is 0.886 bits per heavy atom. The van der Waals surface area contributed by atoms with Crippen molar-refractivity contribution in [3.8, 4) is 0 Å². The molecule has 0 spiro atoms. The molecule has 4 rings (SSSR count). The number of pyridine rings is 1. The molecule has 0 unspecified atom stereocenters. The number of carbonyl (C=O) groups is 2. The van der Waals surface area contributed by atoms with Gasteiger partial charge in [0.2, 0.25) is 0 Å². The van der Waals surface area contributed by atoms with Gasteiger partial charge in [-0.25, -0.2) is 0 Å². The van der Waals surface area contributed by atoms with Gasteiger partial charge in [0.25, 0.3) is 11.8 Å². The number of piperazine rings is 1. The zero-order valence-corrected chi connectivity index (χ0v) is 20.9. The lowest BCUT2D eigenvalue weighted by molar-refractivity contribution is 0.101. The third-order valence-corrected chi connectivity index (χ3v) is 6.51. The maximum Gasteiger partial charge on any atom is 0.257 e. The summed E-state index contributed by atoms with van der Waals surface area (Å²) in [5, 5.41) is 6.41. The molecule has 2 amide bonds. The maximum absolute atomic E-state index is 12.8. The molecule has 9 heteroatoms. The standard InChI is InChI=1S/C26H27Cl2N5O2/c1-2-32-10-12-33(13-11-32)17-22-7-6-19(16-29-22)26(35)30-21-8-9-23(28)24(15-21)31-25(34)18-4-3-5-20(27)14-18/h3-9,14-16H,2,10-13,17H2,1H3,(H,30,35)(H,31,34). The molecule has 1 aromatic heterocycles. The maximum atomic E-state index is 12.8. The van der Waals surface area contributed by atoms with Crippen molar-refractivity contribution in [2.45, 2.75) is 13.5 Å². The van der Waals surface area contributed by atoms with E-state index < -0.39 is 0 Å². The monoisotopic (exact) mass is 511 g/mol. The highest BCUT2D eigenvalue weighted by molar-refractivity contribution is 6.34. The summed E-state index contributed by atoms with van der Waals surface area (Å²) >= 11 is 12.2. The molecule has 3 aromatic rings. The molecule has 1 aliphatic rings. The molecule has 7 nitrogen and oxygen atoms in total. The van der Waals surface area contributed by atoms with Crippen LogP contribution in [-0.2, 0) is 6.54 Å². The highest BCUT2D eigenvalue weighted by atomic mass is 35.5. The molecule has 1 saturated heterocycles. The summed E-state index contributed by atoms with van der Waals surface area (Å²) in [6.07, 6.45) is 1.59. The number of anilines is 2. The van der Waals surface area contributed by atoms with Crippen LogP contribution in [-0.4, -0.2) is 59.3 Å². The number of aromatic nitrogens is 1.